The highest BCUT2D eigenvalue weighted by atomic mass is 32.1. The topological polar surface area (TPSA) is 43.3 Å². The highest BCUT2D eigenvalue weighted by molar-refractivity contribution is 7.15. The van der Waals surface area contributed by atoms with Crippen LogP contribution in [0.1, 0.15) is 11.4 Å². The molecule has 3 nitrogen and oxygen atoms in total. The van der Waals surface area contributed by atoms with Crippen molar-refractivity contribution < 1.29 is 0 Å². The van der Waals surface area contributed by atoms with Crippen molar-refractivity contribution in [2.45, 2.75) is 13.3 Å². The summed E-state index contributed by atoms with van der Waals surface area (Å²) in [6.07, 6.45) is 2.74. The maximum atomic E-state index is 5.47. The molecule has 2 heterocycles. The van der Waals surface area contributed by atoms with Crippen LogP contribution in [0.15, 0.2) is 11.7 Å². The third-order valence-electron chi connectivity index (χ3n) is 1.90. The Labute approximate surface area is 74.8 Å². The van der Waals surface area contributed by atoms with E-state index in [1.807, 2.05) is 6.33 Å². The van der Waals surface area contributed by atoms with Crippen molar-refractivity contribution in [3.63, 3.8) is 0 Å². The maximum Gasteiger partial charge on any atom is 0.122 e. The molecule has 0 aliphatic heterocycles. The van der Waals surface area contributed by atoms with Gasteiger partial charge in [0, 0.05) is 17.5 Å². The fourth-order valence-electron chi connectivity index (χ4n) is 1.26. The Bertz CT molecular complexity index is 388. The summed E-state index contributed by atoms with van der Waals surface area (Å²) >= 11 is 1.73. The Hall–Kier alpha value is -0.870. The molecule has 2 rings (SSSR count). The van der Waals surface area contributed by atoms with Crippen molar-refractivity contribution in [3.8, 4) is 0 Å². The zero-order valence-electron chi connectivity index (χ0n) is 6.95. The Morgan fingerprint density at radius 2 is 2.50 bits per heavy atom. The number of fused-ring (bicyclic) bond motifs is 1. The van der Waals surface area contributed by atoms with E-state index in [0.717, 1.165) is 12.1 Å². The molecule has 64 valence electrons. The summed E-state index contributed by atoms with van der Waals surface area (Å²) in [5.74, 6) is 0. The van der Waals surface area contributed by atoms with Crippen LogP contribution in [0.2, 0.25) is 0 Å². The average molecular weight is 181 g/mol. The molecule has 4 heteroatoms. The molecule has 2 N–H and O–H groups in total. The fourth-order valence-corrected chi connectivity index (χ4v) is 2.25. The monoisotopic (exact) mass is 181 g/mol. The van der Waals surface area contributed by atoms with Crippen molar-refractivity contribution in [1.29, 1.82) is 0 Å². The van der Waals surface area contributed by atoms with Crippen molar-refractivity contribution in [2.24, 2.45) is 5.73 Å². The lowest BCUT2D eigenvalue weighted by atomic mass is 10.3. The van der Waals surface area contributed by atoms with Gasteiger partial charge in [0.1, 0.15) is 11.2 Å². The number of hydrogen-bond donors (Lipinski definition) is 1. The van der Waals surface area contributed by atoms with Gasteiger partial charge in [0.2, 0.25) is 0 Å². The molecule has 0 fully saturated rings. The standard InChI is InChI=1S/C8H11N3S/c1-6-4-12-8-7(2-3-9)10-5-11(6)8/h4-5H,2-3,9H2,1H3. The first kappa shape index (κ1) is 7.76. The Morgan fingerprint density at radius 1 is 1.67 bits per heavy atom. The summed E-state index contributed by atoms with van der Waals surface area (Å²) in [4.78, 5) is 5.53. The van der Waals surface area contributed by atoms with Gasteiger partial charge in [0.15, 0.2) is 0 Å². The molecule has 0 aliphatic carbocycles. The third-order valence-corrected chi connectivity index (χ3v) is 3.01. The van der Waals surface area contributed by atoms with Gasteiger partial charge in [-0.05, 0) is 13.5 Å². The molecule has 2 aromatic heterocycles. The number of aromatic nitrogens is 2. The molecule has 0 spiro atoms. The summed E-state index contributed by atoms with van der Waals surface area (Å²) in [7, 11) is 0. The zero-order valence-corrected chi connectivity index (χ0v) is 7.77. The Kier molecular flexibility index (Phi) is 1.86. The number of nitrogens with two attached hydrogens (primary N) is 1. The molecule has 0 unspecified atom stereocenters. The minimum atomic E-state index is 0.670. The number of rotatable bonds is 2. The summed E-state index contributed by atoms with van der Waals surface area (Å²) in [5, 5.41) is 2.14. The van der Waals surface area contributed by atoms with Crippen LogP contribution in [0, 0.1) is 6.92 Å². The SMILES string of the molecule is Cc1csc2c(CCN)ncn12. The third kappa shape index (κ3) is 1.04. The molecular formula is C8H11N3S. The summed E-state index contributed by atoms with van der Waals surface area (Å²) in [5.41, 5.74) is 7.84. The Morgan fingerprint density at radius 3 is 3.25 bits per heavy atom. The molecule has 0 amide bonds. The van der Waals surface area contributed by atoms with E-state index in [1.54, 1.807) is 11.3 Å². The quantitative estimate of drug-likeness (QED) is 0.756. The second-order valence-corrected chi connectivity index (χ2v) is 3.64. The predicted octanol–water partition coefficient (Wildman–Crippen LogP) is 1.21. The van der Waals surface area contributed by atoms with Crippen LogP contribution >= 0.6 is 11.3 Å². The lowest BCUT2D eigenvalue weighted by molar-refractivity contribution is 0.944. The van der Waals surface area contributed by atoms with Gasteiger partial charge >= 0.3 is 0 Å². The lowest BCUT2D eigenvalue weighted by Crippen LogP contribution is -2.02. The minimum absolute atomic E-state index is 0.670. The number of thiazole rings is 1. The smallest absolute Gasteiger partial charge is 0.122 e. The van der Waals surface area contributed by atoms with E-state index in [9.17, 15) is 0 Å². The van der Waals surface area contributed by atoms with Crippen LogP contribution in [0.4, 0.5) is 0 Å². The number of imidazole rings is 1. The predicted molar refractivity (Wildman–Crippen MR) is 50.6 cm³/mol. The molecule has 0 saturated heterocycles. The highest BCUT2D eigenvalue weighted by Gasteiger charge is 2.05. The largest absolute Gasteiger partial charge is 0.330 e. The molecule has 12 heavy (non-hydrogen) atoms. The summed E-state index contributed by atoms with van der Waals surface area (Å²) < 4.78 is 2.11. The normalized spacial score (nSPS) is 11.2. The first-order valence-corrected chi connectivity index (χ1v) is 4.81. The van der Waals surface area contributed by atoms with E-state index in [1.165, 1.54) is 10.5 Å². The lowest BCUT2D eigenvalue weighted by Gasteiger charge is -1.89. The van der Waals surface area contributed by atoms with Gasteiger partial charge in [0.05, 0.1) is 5.69 Å². The van der Waals surface area contributed by atoms with E-state index in [4.69, 9.17) is 5.73 Å². The van der Waals surface area contributed by atoms with E-state index >= 15 is 0 Å². The van der Waals surface area contributed by atoms with Crippen LogP contribution in [-0.2, 0) is 6.42 Å². The first-order valence-electron chi connectivity index (χ1n) is 3.93. The first-order chi connectivity index (χ1) is 5.83. The highest BCUT2D eigenvalue weighted by Crippen LogP contribution is 2.19. The van der Waals surface area contributed by atoms with Gasteiger partial charge < -0.3 is 5.73 Å². The van der Waals surface area contributed by atoms with Gasteiger partial charge in [-0.25, -0.2) is 4.98 Å². The van der Waals surface area contributed by atoms with Gasteiger partial charge in [-0.15, -0.1) is 11.3 Å². The van der Waals surface area contributed by atoms with Crippen molar-refractivity contribution >= 4 is 16.2 Å². The van der Waals surface area contributed by atoms with E-state index in [0.29, 0.717) is 6.54 Å². The van der Waals surface area contributed by atoms with Crippen molar-refractivity contribution in [3.05, 3.63) is 23.1 Å². The van der Waals surface area contributed by atoms with E-state index < -0.39 is 0 Å². The van der Waals surface area contributed by atoms with Crippen LogP contribution in [-0.4, -0.2) is 15.9 Å². The van der Waals surface area contributed by atoms with Crippen molar-refractivity contribution in [1.82, 2.24) is 9.38 Å². The minimum Gasteiger partial charge on any atom is -0.330 e. The molecule has 0 aliphatic rings. The molecule has 0 bridgehead atoms. The number of aryl methyl sites for hydroxylation is 1. The van der Waals surface area contributed by atoms with Gasteiger partial charge in [-0.1, -0.05) is 0 Å². The molecule has 0 aromatic carbocycles. The molecule has 0 saturated carbocycles. The number of nitrogens with zero attached hydrogens (tertiary/aromatic N) is 2. The second-order valence-electron chi connectivity index (χ2n) is 2.78. The maximum absolute atomic E-state index is 5.47. The fraction of sp³-hybridized carbons (Fsp3) is 0.375. The molecule has 0 atom stereocenters. The van der Waals surface area contributed by atoms with Crippen LogP contribution in [0.5, 0.6) is 0 Å². The number of hydrogen-bond acceptors (Lipinski definition) is 3. The zero-order chi connectivity index (χ0) is 8.55. The summed E-state index contributed by atoms with van der Waals surface area (Å²) in [6.45, 7) is 2.75. The summed E-state index contributed by atoms with van der Waals surface area (Å²) in [6, 6.07) is 0. The molecular weight excluding hydrogens is 170 g/mol. The van der Waals surface area contributed by atoms with Gasteiger partial charge in [-0.2, -0.15) is 0 Å². The van der Waals surface area contributed by atoms with Gasteiger partial charge in [-0.3, -0.25) is 4.40 Å². The van der Waals surface area contributed by atoms with Crippen LogP contribution in [0.25, 0.3) is 4.83 Å². The van der Waals surface area contributed by atoms with E-state index in [-0.39, 0.29) is 0 Å². The van der Waals surface area contributed by atoms with Crippen molar-refractivity contribution in [2.75, 3.05) is 6.54 Å². The van der Waals surface area contributed by atoms with Crippen LogP contribution in [0.3, 0.4) is 0 Å². The Balaban J connectivity index is 2.55. The molecule has 2 aromatic rings. The second kappa shape index (κ2) is 2.88. The van der Waals surface area contributed by atoms with Gasteiger partial charge in [0.25, 0.3) is 0 Å². The molecule has 0 radical (unpaired) electrons. The van der Waals surface area contributed by atoms with E-state index in [2.05, 4.69) is 21.7 Å². The van der Waals surface area contributed by atoms with Crippen LogP contribution < -0.4 is 5.73 Å². The average Bonchev–Trinajstić information content (AvgIpc) is 2.58.